The SMILES string of the molecule is CCCOc1ccc(C(C)n2ncc(Cl)c2N)cc1. The van der Waals surface area contributed by atoms with Crippen molar-refractivity contribution in [3.63, 3.8) is 0 Å². The van der Waals surface area contributed by atoms with E-state index in [0.717, 1.165) is 24.3 Å². The van der Waals surface area contributed by atoms with Crippen molar-refractivity contribution in [1.82, 2.24) is 9.78 Å². The zero-order valence-electron chi connectivity index (χ0n) is 11.1. The van der Waals surface area contributed by atoms with Crippen LogP contribution in [0.5, 0.6) is 5.75 Å². The van der Waals surface area contributed by atoms with Gasteiger partial charge in [0.15, 0.2) is 0 Å². The average molecular weight is 280 g/mol. The van der Waals surface area contributed by atoms with E-state index in [4.69, 9.17) is 22.1 Å². The van der Waals surface area contributed by atoms with Crippen molar-refractivity contribution in [2.24, 2.45) is 0 Å². The molecule has 0 aliphatic carbocycles. The lowest BCUT2D eigenvalue weighted by Crippen LogP contribution is -2.11. The molecule has 0 bridgehead atoms. The first-order valence-electron chi connectivity index (χ1n) is 6.34. The van der Waals surface area contributed by atoms with Crippen LogP contribution in [0.3, 0.4) is 0 Å². The normalized spacial score (nSPS) is 12.4. The van der Waals surface area contributed by atoms with Gasteiger partial charge in [-0.05, 0) is 31.0 Å². The number of aromatic nitrogens is 2. The van der Waals surface area contributed by atoms with Crippen molar-refractivity contribution in [3.8, 4) is 5.75 Å². The predicted octanol–water partition coefficient (Wildman–Crippen LogP) is 3.52. The highest BCUT2D eigenvalue weighted by molar-refractivity contribution is 6.32. The Balaban J connectivity index is 2.15. The third-order valence-corrected chi connectivity index (χ3v) is 3.28. The molecule has 0 fully saturated rings. The van der Waals surface area contributed by atoms with Crippen molar-refractivity contribution in [3.05, 3.63) is 41.0 Å². The summed E-state index contributed by atoms with van der Waals surface area (Å²) in [6.45, 7) is 4.85. The zero-order valence-corrected chi connectivity index (χ0v) is 11.9. The van der Waals surface area contributed by atoms with E-state index in [1.807, 2.05) is 31.2 Å². The minimum Gasteiger partial charge on any atom is -0.494 e. The number of hydrogen-bond donors (Lipinski definition) is 1. The fraction of sp³-hybridized carbons (Fsp3) is 0.357. The van der Waals surface area contributed by atoms with E-state index in [9.17, 15) is 0 Å². The first kappa shape index (κ1) is 13.7. The maximum atomic E-state index is 5.92. The summed E-state index contributed by atoms with van der Waals surface area (Å²) in [7, 11) is 0. The van der Waals surface area contributed by atoms with Gasteiger partial charge in [0.05, 0.1) is 18.8 Å². The number of benzene rings is 1. The van der Waals surface area contributed by atoms with Crippen LogP contribution in [0.1, 0.15) is 31.9 Å². The molecule has 0 radical (unpaired) electrons. The van der Waals surface area contributed by atoms with Gasteiger partial charge in [-0.2, -0.15) is 5.10 Å². The van der Waals surface area contributed by atoms with E-state index in [0.29, 0.717) is 10.8 Å². The first-order chi connectivity index (χ1) is 9.13. The van der Waals surface area contributed by atoms with Crippen LogP contribution in [0.2, 0.25) is 5.02 Å². The van der Waals surface area contributed by atoms with Gasteiger partial charge in [-0.25, -0.2) is 4.68 Å². The summed E-state index contributed by atoms with van der Waals surface area (Å²) in [5.74, 6) is 1.37. The molecule has 1 aromatic carbocycles. The molecule has 0 saturated heterocycles. The third kappa shape index (κ3) is 3.01. The Morgan fingerprint density at radius 2 is 2.05 bits per heavy atom. The number of anilines is 1. The van der Waals surface area contributed by atoms with Crippen LogP contribution in [-0.2, 0) is 0 Å². The molecule has 2 N–H and O–H groups in total. The molecule has 19 heavy (non-hydrogen) atoms. The van der Waals surface area contributed by atoms with Gasteiger partial charge in [-0.15, -0.1) is 0 Å². The Kier molecular flexibility index (Phi) is 4.32. The summed E-state index contributed by atoms with van der Waals surface area (Å²) in [4.78, 5) is 0. The molecule has 0 amide bonds. The van der Waals surface area contributed by atoms with E-state index in [2.05, 4.69) is 12.0 Å². The van der Waals surface area contributed by atoms with E-state index >= 15 is 0 Å². The number of ether oxygens (including phenoxy) is 1. The topological polar surface area (TPSA) is 53.1 Å². The van der Waals surface area contributed by atoms with Crippen LogP contribution in [0, 0.1) is 0 Å². The Hall–Kier alpha value is -1.68. The highest BCUT2D eigenvalue weighted by atomic mass is 35.5. The molecule has 0 saturated carbocycles. The summed E-state index contributed by atoms with van der Waals surface area (Å²) in [6, 6.07) is 7.99. The van der Waals surface area contributed by atoms with Crippen molar-refractivity contribution < 1.29 is 4.74 Å². The number of nitrogens with two attached hydrogens (primary N) is 1. The van der Waals surface area contributed by atoms with Crippen LogP contribution in [0.25, 0.3) is 0 Å². The minimum absolute atomic E-state index is 0.0349. The maximum absolute atomic E-state index is 5.92. The predicted molar refractivity (Wildman–Crippen MR) is 77.7 cm³/mol. The standard InChI is InChI=1S/C14H18ClN3O/c1-3-8-19-12-6-4-11(5-7-12)10(2)18-14(16)13(15)9-17-18/h4-7,9-10H,3,8,16H2,1-2H3. The Morgan fingerprint density at radius 3 is 2.58 bits per heavy atom. The molecule has 102 valence electrons. The van der Waals surface area contributed by atoms with Crippen molar-refractivity contribution >= 4 is 17.4 Å². The van der Waals surface area contributed by atoms with E-state index < -0.39 is 0 Å². The highest BCUT2D eigenvalue weighted by Gasteiger charge is 2.13. The van der Waals surface area contributed by atoms with Gasteiger partial charge >= 0.3 is 0 Å². The van der Waals surface area contributed by atoms with Gasteiger partial charge in [0, 0.05) is 0 Å². The molecule has 1 heterocycles. The summed E-state index contributed by atoms with van der Waals surface area (Å²) >= 11 is 5.92. The second-order valence-corrected chi connectivity index (χ2v) is 4.82. The fourth-order valence-electron chi connectivity index (χ4n) is 1.86. The number of hydrogen-bond acceptors (Lipinski definition) is 3. The van der Waals surface area contributed by atoms with E-state index in [1.54, 1.807) is 10.9 Å². The summed E-state index contributed by atoms with van der Waals surface area (Å²) in [5, 5.41) is 4.67. The van der Waals surface area contributed by atoms with Crippen molar-refractivity contribution in [2.45, 2.75) is 26.3 Å². The van der Waals surface area contributed by atoms with Crippen LogP contribution >= 0.6 is 11.6 Å². The van der Waals surface area contributed by atoms with Crippen LogP contribution < -0.4 is 10.5 Å². The second-order valence-electron chi connectivity index (χ2n) is 4.42. The molecular formula is C14H18ClN3O. The van der Waals surface area contributed by atoms with Gasteiger partial charge in [-0.3, -0.25) is 0 Å². The third-order valence-electron chi connectivity index (χ3n) is 2.99. The molecular weight excluding hydrogens is 262 g/mol. The summed E-state index contributed by atoms with van der Waals surface area (Å²) in [5.41, 5.74) is 6.99. The highest BCUT2D eigenvalue weighted by Crippen LogP contribution is 2.26. The molecule has 0 aliphatic heterocycles. The summed E-state index contributed by atoms with van der Waals surface area (Å²) in [6.07, 6.45) is 2.56. The van der Waals surface area contributed by atoms with Gasteiger partial charge in [-0.1, -0.05) is 30.7 Å². The zero-order chi connectivity index (χ0) is 13.8. The van der Waals surface area contributed by atoms with Gasteiger partial charge in [0.2, 0.25) is 0 Å². The van der Waals surface area contributed by atoms with Crippen LogP contribution in [-0.4, -0.2) is 16.4 Å². The summed E-state index contributed by atoms with van der Waals surface area (Å²) < 4.78 is 7.27. The minimum atomic E-state index is 0.0349. The Morgan fingerprint density at radius 1 is 1.37 bits per heavy atom. The number of nitrogen functional groups attached to an aromatic ring is 1. The number of halogens is 1. The monoisotopic (exact) mass is 279 g/mol. The van der Waals surface area contributed by atoms with Crippen LogP contribution in [0.15, 0.2) is 30.5 Å². The maximum Gasteiger partial charge on any atom is 0.141 e. The molecule has 1 aromatic heterocycles. The lowest BCUT2D eigenvalue weighted by Gasteiger charge is -2.15. The molecule has 1 atom stereocenters. The Bertz CT molecular complexity index is 536. The molecule has 0 spiro atoms. The number of rotatable bonds is 5. The smallest absolute Gasteiger partial charge is 0.141 e. The van der Waals surface area contributed by atoms with Gasteiger partial charge in [0.1, 0.15) is 16.6 Å². The van der Waals surface area contributed by atoms with Crippen LogP contribution in [0.4, 0.5) is 5.82 Å². The molecule has 2 rings (SSSR count). The quantitative estimate of drug-likeness (QED) is 0.911. The van der Waals surface area contributed by atoms with Gasteiger partial charge < -0.3 is 10.5 Å². The Labute approximate surface area is 118 Å². The molecule has 1 unspecified atom stereocenters. The van der Waals surface area contributed by atoms with Crippen molar-refractivity contribution in [2.75, 3.05) is 12.3 Å². The van der Waals surface area contributed by atoms with Gasteiger partial charge in [0.25, 0.3) is 0 Å². The molecule has 0 aliphatic rings. The molecule has 5 heteroatoms. The lowest BCUT2D eigenvalue weighted by molar-refractivity contribution is 0.317. The second kappa shape index (κ2) is 5.97. The molecule has 2 aromatic rings. The number of nitrogens with zero attached hydrogens (tertiary/aromatic N) is 2. The average Bonchev–Trinajstić information content (AvgIpc) is 2.76. The first-order valence-corrected chi connectivity index (χ1v) is 6.72. The van der Waals surface area contributed by atoms with E-state index in [1.165, 1.54) is 0 Å². The largest absolute Gasteiger partial charge is 0.494 e. The molecule has 4 nitrogen and oxygen atoms in total. The van der Waals surface area contributed by atoms with E-state index in [-0.39, 0.29) is 6.04 Å². The van der Waals surface area contributed by atoms with Crippen molar-refractivity contribution in [1.29, 1.82) is 0 Å². The lowest BCUT2D eigenvalue weighted by atomic mass is 10.1. The fourth-order valence-corrected chi connectivity index (χ4v) is 1.99.